The van der Waals surface area contributed by atoms with Crippen LogP contribution in [0.5, 0.6) is 0 Å². The molecular weight excluding hydrogens is 249 g/mol. The summed E-state index contributed by atoms with van der Waals surface area (Å²) in [6.45, 7) is -0.0569. The average Bonchev–Trinajstić information content (AvgIpc) is 2.68. The standard InChI is InChI=1S/C11H9F3N2O2/c12-7-2-6(3-8(13)10(7)14)16-4-5(11(15)18)1-9(16)17/h2-3,5H,1,4H2,(H2,15,18). The molecule has 0 spiro atoms. The zero-order chi connectivity index (χ0) is 13.4. The number of hydrogen-bond donors (Lipinski definition) is 1. The lowest BCUT2D eigenvalue weighted by Gasteiger charge is -2.16. The van der Waals surface area contributed by atoms with Crippen LogP contribution in [0.15, 0.2) is 12.1 Å². The number of carbonyl (C=O) groups is 2. The van der Waals surface area contributed by atoms with Gasteiger partial charge < -0.3 is 10.6 Å². The minimum atomic E-state index is -1.60. The largest absolute Gasteiger partial charge is 0.369 e. The fourth-order valence-corrected chi connectivity index (χ4v) is 1.85. The Balaban J connectivity index is 2.33. The number of hydrogen-bond acceptors (Lipinski definition) is 2. The van der Waals surface area contributed by atoms with Crippen LogP contribution in [-0.2, 0) is 9.59 Å². The Bertz CT molecular complexity index is 510. The molecule has 1 atom stereocenters. The van der Waals surface area contributed by atoms with Crippen LogP contribution in [0.25, 0.3) is 0 Å². The van der Waals surface area contributed by atoms with Crippen molar-refractivity contribution in [3.63, 3.8) is 0 Å². The average molecular weight is 258 g/mol. The second-order valence-electron chi connectivity index (χ2n) is 4.03. The summed E-state index contributed by atoms with van der Waals surface area (Å²) >= 11 is 0. The fourth-order valence-electron chi connectivity index (χ4n) is 1.85. The molecule has 1 aromatic rings. The summed E-state index contributed by atoms with van der Waals surface area (Å²) in [5.41, 5.74) is 4.93. The Labute approximate surface area is 100 Å². The molecule has 1 saturated heterocycles. The Morgan fingerprint density at radius 3 is 2.28 bits per heavy atom. The normalized spacial score (nSPS) is 19.4. The highest BCUT2D eigenvalue weighted by molar-refractivity contribution is 6.00. The van der Waals surface area contributed by atoms with Crippen LogP contribution in [0, 0.1) is 23.4 Å². The van der Waals surface area contributed by atoms with Crippen LogP contribution in [-0.4, -0.2) is 18.4 Å². The monoisotopic (exact) mass is 258 g/mol. The molecule has 0 aromatic heterocycles. The highest BCUT2D eigenvalue weighted by atomic mass is 19.2. The fraction of sp³-hybridized carbons (Fsp3) is 0.273. The number of benzene rings is 1. The van der Waals surface area contributed by atoms with Gasteiger partial charge in [0.05, 0.1) is 5.92 Å². The quantitative estimate of drug-likeness (QED) is 0.802. The second-order valence-corrected chi connectivity index (χ2v) is 4.03. The minimum absolute atomic E-state index is 0.0569. The summed E-state index contributed by atoms with van der Waals surface area (Å²) in [6.07, 6.45) is -0.115. The maximum Gasteiger partial charge on any atom is 0.227 e. The van der Waals surface area contributed by atoms with E-state index in [-0.39, 0.29) is 18.7 Å². The number of rotatable bonds is 2. The van der Waals surface area contributed by atoms with Gasteiger partial charge >= 0.3 is 0 Å². The van der Waals surface area contributed by atoms with E-state index in [0.717, 1.165) is 4.90 Å². The van der Waals surface area contributed by atoms with Gasteiger partial charge in [-0.05, 0) is 0 Å². The summed E-state index contributed by atoms with van der Waals surface area (Å²) in [5.74, 6) is -6.22. The van der Waals surface area contributed by atoms with Crippen LogP contribution in [0.4, 0.5) is 18.9 Å². The molecule has 0 bridgehead atoms. The van der Waals surface area contributed by atoms with E-state index in [0.29, 0.717) is 12.1 Å². The first-order chi connectivity index (χ1) is 8.40. The highest BCUT2D eigenvalue weighted by Gasteiger charge is 2.34. The molecule has 2 rings (SSSR count). The second kappa shape index (κ2) is 4.32. The van der Waals surface area contributed by atoms with Gasteiger partial charge in [0.15, 0.2) is 17.5 Å². The number of primary amides is 1. The molecule has 0 saturated carbocycles. The third kappa shape index (κ3) is 2.03. The Kier molecular flexibility index (Phi) is 2.98. The molecule has 0 radical (unpaired) electrons. The number of nitrogens with zero attached hydrogens (tertiary/aromatic N) is 1. The Morgan fingerprint density at radius 1 is 1.28 bits per heavy atom. The van der Waals surface area contributed by atoms with Crippen LogP contribution < -0.4 is 10.6 Å². The van der Waals surface area contributed by atoms with E-state index < -0.39 is 35.2 Å². The van der Waals surface area contributed by atoms with Gasteiger partial charge in [0.2, 0.25) is 11.8 Å². The predicted molar refractivity (Wildman–Crippen MR) is 56.0 cm³/mol. The summed E-state index contributed by atoms with van der Waals surface area (Å²) in [4.78, 5) is 23.5. The summed E-state index contributed by atoms with van der Waals surface area (Å²) in [7, 11) is 0. The van der Waals surface area contributed by atoms with E-state index in [1.165, 1.54) is 0 Å². The first-order valence-electron chi connectivity index (χ1n) is 5.14. The van der Waals surface area contributed by atoms with Gasteiger partial charge in [-0.1, -0.05) is 0 Å². The lowest BCUT2D eigenvalue weighted by Crippen LogP contribution is -2.28. The highest BCUT2D eigenvalue weighted by Crippen LogP contribution is 2.27. The van der Waals surface area contributed by atoms with Crippen molar-refractivity contribution in [3.8, 4) is 0 Å². The van der Waals surface area contributed by atoms with Crippen LogP contribution >= 0.6 is 0 Å². The number of amides is 2. The molecule has 4 nitrogen and oxygen atoms in total. The van der Waals surface area contributed by atoms with E-state index in [9.17, 15) is 22.8 Å². The maximum absolute atomic E-state index is 13.0. The Hall–Kier alpha value is -2.05. The van der Waals surface area contributed by atoms with Crippen molar-refractivity contribution < 1.29 is 22.8 Å². The molecule has 7 heteroatoms. The van der Waals surface area contributed by atoms with E-state index in [4.69, 9.17) is 5.73 Å². The van der Waals surface area contributed by atoms with Crippen molar-refractivity contribution in [2.24, 2.45) is 11.7 Å². The molecule has 1 aliphatic heterocycles. The molecule has 2 N–H and O–H groups in total. The molecule has 1 fully saturated rings. The number of nitrogens with two attached hydrogens (primary N) is 1. The van der Waals surface area contributed by atoms with Crippen LogP contribution in [0.2, 0.25) is 0 Å². The SMILES string of the molecule is NC(=O)C1CC(=O)N(c2cc(F)c(F)c(F)c2)C1. The zero-order valence-electron chi connectivity index (χ0n) is 9.12. The Morgan fingerprint density at radius 2 is 1.83 bits per heavy atom. The summed E-state index contributed by atoms with van der Waals surface area (Å²) in [5, 5.41) is 0. The van der Waals surface area contributed by atoms with E-state index >= 15 is 0 Å². The third-order valence-electron chi connectivity index (χ3n) is 2.81. The molecule has 1 aromatic carbocycles. The van der Waals surface area contributed by atoms with Crippen molar-refractivity contribution in [2.75, 3.05) is 11.4 Å². The van der Waals surface area contributed by atoms with Gasteiger partial charge in [0, 0.05) is 30.8 Å². The van der Waals surface area contributed by atoms with Crippen molar-refractivity contribution >= 4 is 17.5 Å². The predicted octanol–water partition coefficient (Wildman–Crippen LogP) is 0.942. The first kappa shape index (κ1) is 12.4. The van der Waals surface area contributed by atoms with Crippen molar-refractivity contribution in [1.29, 1.82) is 0 Å². The molecule has 2 amide bonds. The number of halogens is 3. The maximum atomic E-state index is 13.0. The van der Waals surface area contributed by atoms with E-state index in [2.05, 4.69) is 0 Å². The molecule has 96 valence electrons. The zero-order valence-corrected chi connectivity index (χ0v) is 9.12. The van der Waals surface area contributed by atoms with Crippen molar-refractivity contribution in [2.45, 2.75) is 6.42 Å². The summed E-state index contributed by atoms with van der Waals surface area (Å²) in [6, 6.07) is 1.42. The molecule has 1 unspecified atom stereocenters. The van der Waals surface area contributed by atoms with Gasteiger partial charge in [-0.2, -0.15) is 0 Å². The van der Waals surface area contributed by atoms with Gasteiger partial charge in [-0.15, -0.1) is 0 Å². The van der Waals surface area contributed by atoms with E-state index in [1.54, 1.807) is 0 Å². The molecule has 18 heavy (non-hydrogen) atoms. The number of carbonyl (C=O) groups excluding carboxylic acids is 2. The van der Waals surface area contributed by atoms with Gasteiger partial charge in [0.25, 0.3) is 0 Å². The molecule has 0 aliphatic carbocycles. The summed E-state index contributed by atoms with van der Waals surface area (Å²) < 4.78 is 38.8. The molecular formula is C11H9F3N2O2. The number of anilines is 1. The van der Waals surface area contributed by atoms with E-state index in [1.807, 2.05) is 0 Å². The van der Waals surface area contributed by atoms with Crippen LogP contribution in [0.1, 0.15) is 6.42 Å². The lowest BCUT2D eigenvalue weighted by molar-refractivity contribution is -0.123. The molecule has 1 aliphatic rings. The van der Waals surface area contributed by atoms with Gasteiger partial charge in [0.1, 0.15) is 0 Å². The molecule has 1 heterocycles. The van der Waals surface area contributed by atoms with Crippen LogP contribution in [0.3, 0.4) is 0 Å². The van der Waals surface area contributed by atoms with Gasteiger partial charge in [-0.3, -0.25) is 9.59 Å². The lowest BCUT2D eigenvalue weighted by atomic mass is 10.1. The third-order valence-corrected chi connectivity index (χ3v) is 2.81. The van der Waals surface area contributed by atoms with Crippen molar-refractivity contribution in [3.05, 3.63) is 29.6 Å². The topological polar surface area (TPSA) is 63.4 Å². The smallest absolute Gasteiger partial charge is 0.227 e. The minimum Gasteiger partial charge on any atom is -0.369 e. The first-order valence-corrected chi connectivity index (χ1v) is 5.14. The van der Waals surface area contributed by atoms with Gasteiger partial charge in [-0.25, -0.2) is 13.2 Å². The van der Waals surface area contributed by atoms with Crippen molar-refractivity contribution in [1.82, 2.24) is 0 Å².